The molecule has 2 aromatic rings. The van der Waals surface area contributed by atoms with Gasteiger partial charge in [-0.15, -0.1) is 6.42 Å². The van der Waals surface area contributed by atoms with E-state index in [1.54, 1.807) is 36.4 Å². The summed E-state index contributed by atoms with van der Waals surface area (Å²) in [6.07, 6.45) is 5.85. The van der Waals surface area contributed by atoms with Gasteiger partial charge in [-0.25, -0.2) is 4.79 Å². The van der Waals surface area contributed by atoms with Crippen molar-refractivity contribution in [1.29, 1.82) is 0 Å². The maximum absolute atomic E-state index is 13.4. The van der Waals surface area contributed by atoms with Gasteiger partial charge in [-0.2, -0.15) is 0 Å². The summed E-state index contributed by atoms with van der Waals surface area (Å²) >= 11 is 0. The summed E-state index contributed by atoms with van der Waals surface area (Å²) in [7, 11) is 0. The van der Waals surface area contributed by atoms with Crippen LogP contribution in [0.2, 0.25) is 0 Å². The van der Waals surface area contributed by atoms with Crippen molar-refractivity contribution in [2.45, 2.75) is 51.8 Å². The van der Waals surface area contributed by atoms with E-state index in [0.717, 1.165) is 6.42 Å². The fraction of sp³-hybridized carbons (Fsp3) is 0.385. The van der Waals surface area contributed by atoms with Gasteiger partial charge in [0, 0.05) is 5.56 Å². The topological polar surface area (TPSA) is 46.4 Å². The highest BCUT2D eigenvalue weighted by atomic mass is 16.5. The molecule has 3 atom stereocenters. The molecule has 0 saturated carbocycles. The van der Waals surface area contributed by atoms with E-state index in [1.165, 1.54) is 0 Å². The number of rotatable bonds is 7. The van der Waals surface area contributed by atoms with Gasteiger partial charge in [0.05, 0.1) is 11.6 Å². The van der Waals surface area contributed by atoms with Gasteiger partial charge in [0.2, 0.25) is 0 Å². The lowest BCUT2D eigenvalue weighted by molar-refractivity contribution is 0.0228. The molecule has 2 aromatic carbocycles. The molecule has 4 nitrogen and oxygen atoms in total. The average molecular weight is 404 g/mol. The number of nitrogens with zero attached hydrogens (tertiary/aromatic N) is 1. The van der Waals surface area contributed by atoms with Crippen LogP contribution in [0.5, 0.6) is 0 Å². The van der Waals surface area contributed by atoms with Crippen molar-refractivity contribution in [1.82, 2.24) is 4.90 Å². The largest absolute Gasteiger partial charge is 0.443 e. The Kier molecular flexibility index (Phi) is 6.31. The first-order valence-electron chi connectivity index (χ1n) is 10.4. The van der Waals surface area contributed by atoms with E-state index in [-0.39, 0.29) is 17.9 Å². The van der Waals surface area contributed by atoms with Crippen LogP contribution in [0.1, 0.15) is 54.8 Å². The van der Waals surface area contributed by atoms with E-state index in [2.05, 4.69) is 19.8 Å². The summed E-state index contributed by atoms with van der Waals surface area (Å²) in [5.41, 5.74) is 0.328. The average Bonchev–Trinajstić information content (AvgIpc) is 3.40. The number of hydrogen-bond acceptors (Lipinski definition) is 3. The molecule has 1 fully saturated rings. The van der Waals surface area contributed by atoms with Crippen LogP contribution in [-0.2, 0) is 4.74 Å². The molecule has 30 heavy (non-hydrogen) atoms. The van der Waals surface area contributed by atoms with Crippen molar-refractivity contribution in [3.8, 4) is 12.3 Å². The van der Waals surface area contributed by atoms with Crippen LogP contribution in [0.25, 0.3) is 0 Å². The molecule has 4 heteroatoms. The van der Waals surface area contributed by atoms with Gasteiger partial charge in [0.25, 0.3) is 5.91 Å². The SMILES string of the molecule is C#C[C@@H](OC(=O)c1ccccc1)[C@@]1(C(C)C)[C@H](CC(C)C)N1C(=O)c1ccccc1. The predicted molar refractivity (Wildman–Crippen MR) is 118 cm³/mol. The molecule has 1 saturated heterocycles. The Morgan fingerprint density at radius 2 is 1.53 bits per heavy atom. The number of amides is 1. The molecule has 0 bridgehead atoms. The number of carbonyl (C=O) groups excluding carboxylic acids is 2. The molecule has 0 N–H and O–H groups in total. The van der Waals surface area contributed by atoms with E-state index < -0.39 is 17.6 Å². The minimum atomic E-state index is -0.832. The van der Waals surface area contributed by atoms with E-state index in [0.29, 0.717) is 17.0 Å². The third kappa shape index (κ3) is 3.85. The van der Waals surface area contributed by atoms with Gasteiger partial charge < -0.3 is 9.64 Å². The Balaban J connectivity index is 1.97. The van der Waals surface area contributed by atoms with Crippen molar-refractivity contribution < 1.29 is 14.3 Å². The van der Waals surface area contributed by atoms with Crippen LogP contribution in [0.3, 0.4) is 0 Å². The minimum absolute atomic E-state index is 0.0125. The van der Waals surface area contributed by atoms with E-state index in [4.69, 9.17) is 11.2 Å². The van der Waals surface area contributed by atoms with Gasteiger partial charge in [-0.05, 0) is 42.5 Å². The van der Waals surface area contributed by atoms with Crippen LogP contribution in [0.4, 0.5) is 0 Å². The summed E-state index contributed by atoms with van der Waals surface area (Å²) in [6.45, 7) is 8.31. The van der Waals surface area contributed by atoms with Crippen molar-refractivity contribution in [3.05, 3.63) is 71.8 Å². The maximum atomic E-state index is 13.4. The van der Waals surface area contributed by atoms with Gasteiger partial charge in [-0.3, -0.25) is 4.79 Å². The van der Waals surface area contributed by atoms with Gasteiger partial charge in [-0.1, -0.05) is 70.0 Å². The zero-order chi connectivity index (χ0) is 21.9. The molecule has 1 amide bonds. The van der Waals surface area contributed by atoms with Crippen LogP contribution in [0.15, 0.2) is 60.7 Å². The highest BCUT2D eigenvalue weighted by Crippen LogP contribution is 2.53. The zero-order valence-corrected chi connectivity index (χ0v) is 18.0. The highest BCUT2D eigenvalue weighted by Gasteiger charge is 2.71. The maximum Gasteiger partial charge on any atom is 0.339 e. The summed E-state index contributed by atoms with van der Waals surface area (Å²) in [5, 5.41) is 0. The molecule has 0 aromatic heterocycles. The fourth-order valence-electron chi connectivity index (χ4n) is 4.44. The van der Waals surface area contributed by atoms with E-state index in [1.807, 2.05) is 43.0 Å². The van der Waals surface area contributed by atoms with Crippen LogP contribution in [0, 0.1) is 24.2 Å². The number of terminal acetylenes is 1. The standard InChI is InChI=1S/C26H29NO3/c1-6-23(30-25(29)21-15-11-8-12-16-21)26(19(4)5)22(17-18(2)3)27(26)24(28)20-13-9-7-10-14-20/h1,7-16,18-19,22-23H,17H2,2-5H3/t22-,23+,26+,27?/m0/s1. The number of ether oxygens (including phenoxy) is 1. The minimum Gasteiger partial charge on any atom is -0.443 e. The third-order valence-electron chi connectivity index (χ3n) is 5.86. The number of hydrogen-bond donors (Lipinski definition) is 0. The molecule has 3 rings (SSSR count). The molecule has 0 spiro atoms. The summed E-state index contributed by atoms with van der Waals surface area (Å²) in [6, 6.07) is 17.9. The lowest BCUT2D eigenvalue weighted by atomic mass is 9.83. The fourth-order valence-corrected chi connectivity index (χ4v) is 4.44. The van der Waals surface area contributed by atoms with Crippen molar-refractivity contribution in [3.63, 3.8) is 0 Å². The van der Waals surface area contributed by atoms with Crippen molar-refractivity contribution in [2.24, 2.45) is 11.8 Å². The van der Waals surface area contributed by atoms with Gasteiger partial charge in [0.1, 0.15) is 5.54 Å². The van der Waals surface area contributed by atoms with Crippen molar-refractivity contribution >= 4 is 11.9 Å². The second-order valence-corrected chi connectivity index (χ2v) is 8.55. The Labute approximate surface area is 179 Å². The number of esters is 1. The third-order valence-corrected chi connectivity index (χ3v) is 5.86. The molecule has 156 valence electrons. The first-order chi connectivity index (χ1) is 14.3. The molecular weight excluding hydrogens is 374 g/mol. The zero-order valence-electron chi connectivity index (χ0n) is 18.0. The second kappa shape index (κ2) is 8.75. The molecular formula is C26H29NO3. The summed E-state index contributed by atoms with van der Waals surface area (Å²) in [4.78, 5) is 28.0. The first kappa shape index (κ1) is 21.6. The van der Waals surface area contributed by atoms with Crippen molar-refractivity contribution in [2.75, 3.05) is 0 Å². The predicted octanol–water partition coefficient (Wildman–Crippen LogP) is 4.81. The van der Waals surface area contributed by atoms with Crippen LogP contribution in [-0.4, -0.2) is 34.5 Å². The normalized spacial score (nSPS) is 21.2. The van der Waals surface area contributed by atoms with E-state index in [9.17, 15) is 9.59 Å². The molecule has 1 heterocycles. The highest BCUT2D eigenvalue weighted by molar-refractivity contribution is 5.97. The van der Waals surface area contributed by atoms with Crippen LogP contribution < -0.4 is 0 Å². The lowest BCUT2D eigenvalue weighted by Crippen LogP contribution is -2.43. The quantitative estimate of drug-likeness (QED) is 0.379. The Bertz CT molecular complexity index is 930. The lowest BCUT2D eigenvalue weighted by Gasteiger charge is -2.28. The molecule has 0 aliphatic carbocycles. The van der Waals surface area contributed by atoms with E-state index >= 15 is 0 Å². The number of carbonyl (C=O) groups is 2. The summed E-state index contributed by atoms with van der Waals surface area (Å²) < 4.78 is 5.83. The molecule has 1 aliphatic rings. The Hall–Kier alpha value is -3.06. The Morgan fingerprint density at radius 3 is 2.00 bits per heavy atom. The molecule has 0 unspecified atom stereocenters. The second-order valence-electron chi connectivity index (χ2n) is 8.55. The molecule has 1 aliphatic heterocycles. The van der Waals surface area contributed by atoms with Crippen LogP contribution >= 0.6 is 0 Å². The molecule has 0 radical (unpaired) electrons. The smallest absolute Gasteiger partial charge is 0.339 e. The monoisotopic (exact) mass is 403 g/mol. The Morgan fingerprint density at radius 1 is 1.00 bits per heavy atom. The summed E-state index contributed by atoms with van der Waals surface area (Å²) in [5.74, 6) is 2.52. The van der Waals surface area contributed by atoms with Gasteiger partial charge >= 0.3 is 5.97 Å². The first-order valence-corrected chi connectivity index (χ1v) is 10.4. The van der Waals surface area contributed by atoms with Gasteiger partial charge in [0.15, 0.2) is 6.10 Å². The number of benzene rings is 2.